The van der Waals surface area contributed by atoms with Gasteiger partial charge < -0.3 is 15.5 Å². The Labute approximate surface area is 237 Å². The van der Waals surface area contributed by atoms with Crippen molar-refractivity contribution < 1.29 is 15.0 Å². The van der Waals surface area contributed by atoms with E-state index in [2.05, 4.69) is 31.3 Å². The van der Waals surface area contributed by atoms with Crippen molar-refractivity contribution in [2.24, 2.45) is 0 Å². The van der Waals surface area contributed by atoms with Gasteiger partial charge in [0.2, 0.25) is 5.91 Å². The van der Waals surface area contributed by atoms with E-state index in [1.807, 2.05) is 6.08 Å². The SMILES string of the molecule is CCCCCCC/C=C/CC/C=C/C(O)C(CO)NC(=O)CCCCCCCCCCCCCCCCC. The van der Waals surface area contributed by atoms with Crippen LogP contribution in [0.2, 0.25) is 0 Å². The molecule has 0 rings (SSSR count). The second kappa shape index (κ2) is 30.4. The third kappa shape index (κ3) is 26.5. The zero-order chi connectivity index (χ0) is 27.9. The summed E-state index contributed by atoms with van der Waals surface area (Å²) in [5, 5.41) is 22.7. The van der Waals surface area contributed by atoms with E-state index in [0.717, 1.165) is 32.1 Å². The molecule has 0 aromatic rings. The van der Waals surface area contributed by atoms with Crippen LogP contribution < -0.4 is 5.32 Å². The first-order valence-corrected chi connectivity index (χ1v) is 16.6. The number of aliphatic hydroxyl groups excluding tert-OH is 2. The van der Waals surface area contributed by atoms with Crippen LogP contribution in [0.4, 0.5) is 0 Å². The van der Waals surface area contributed by atoms with Crippen molar-refractivity contribution in [2.45, 2.75) is 180 Å². The maximum absolute atomic E-state index is 12.2. The Hall–Kier alpha value is -1.13. The van der Waals surface area contributed by atoms with Gasteiger partial charge in [0.05, 0.1) is 18.8 Å². The van der Waals surface area contributed by atoms with Gasteiger partial charge in [-0.3, -0.25) is 4.79 Å². The molecule has 0 aromatic heterocycles. The number of hydrogen-bond donors (Lipinski definition) is 3. The maximum atomic E-state index is 12.2. The summed E-state index contributed by atoms with van der Waals surface area (Å²) in [5.41, 5.74) is 0. The third-order valence-corrected chi connectivity index (χ3v) is 7.44. The van der Waals surface area contributed by atoms with Crippen molar-refractivity contribution in [1.82, 2.24) is 5.32 Å². The number of hydrogen-bond acceptors (Lipinski definition) is 3. The molecule has 38 heavy (non-hydrogen) atoms. The highest BCUT2D eigenvalue weighted by Gasteiger charge is 2.17. The first kappa shape index (κ1) is 36.9. The van der Waals surface area contributed by atoms with E-state index in [-0.39, 0.29) is 12.5 Å². The molecule has 0 spiro atoms. The molecule has 0 aliphatic rings. The lowest BCUT2D eigenvalue weighted by Gasteiger charge is -2.19. The summed E-state index contributed by atoms with van der Waals surface area (Å²) in [5.74, 6) is -0.0759. The van der Waals surface area contributed by atoms with Crippen LogP contribution in [-0.4, -0.2) is 34.9 Å². The maximum Gasteiger partial charge on any atom is 0.220 e. The van der Waals surface area contributed by atoms with Crippen LogP contribution in [0.1, 0.15) is 168 Å². The summed E-state index contributed by atoms with van der Waals surface area (Å²) in [4.78, 5) is 12.2. The van der Waals surface area contributed by atoms with Crippen LogP contribution in [0.25, 0.3) is 0 Å². The van der Waals surface area contributed by atoms with Gasteiger partial charge in [0.25, 0.3) is 0 Å². The molecule has 3 N–H and O–H groups in total. The summed E-state index contributed by atoms with van der Waals surface area (Å²) < 4.78 is 0. The fourth-order valence-corrected chi connectivity index (χ4v) is 4.84. The average Bonchev–Trinajstić information content (AvgIpc) is 2.92. The van der Waals surface area contributed by atoms with Crippen LogP contribution >= 0.6 is 0 Å². The monoisotopic (exact) mass is 535 g/mol. The zero-order valence-electron chi connectivity index (χ0n) is 25.4. The lowest BCUT2D eigenvalue weighted by molar-refractivity contribution is -0.123. The van der Waals surface area contributed by atoms with E-state index in [4.69, 9.17) is 0 Å². The molecule has 2 atom stereocenters. The highest BCUT2D eigenvalue weighted by atomic mass is 16.3. The van der Waals surface area contributed by atoms with E-state index in [1.54, 1.807) is 6.08 Å². The molecule has 0 saturated carbocycles. The first-order valence-electron chi connectivity index (χ1n) is 16.6. The Morgan fingerprint density at radius 1 is 0.605 bits per heavy atom. The molecule has 0 aliphatic heterocycles. The number of rotatable bonds is 29. The fraction of sp³-hybridized carbons (Fsp3) is 0.853. The minimum absolute atomic E-state index is 0.0759. The summed E-state index contributed by atoms with van der Waals surface area (Å²) >= 11 is 0. The van der Waals surface area contributed by atoms with E-state index in [9.17, 15) is 15.0 Å². The molecule has 0 heterocycles. The summed E-state index contributed by atoms with van der Waals surface area (Å²) in [6.45, 7) is 4.26. The van der Waals surface area contributed by atoms with Crippen LogP contribution in [-0.2, 0) is 4.79 Å². The molecule has 1 amide bonds. The van der Waals surface area contributed by atoms with Gasteiger partial charge in [-0.05, 0) is 32.1 Å². The van der Waals surface area contributed by atoms with Crippen molar-refractivity contribution in [3.8, 4) is 0 Å². The highest BCUT2D eigenvalue weighted by Crippen LogP contribution is 2.14. The molecule has 0 aromatic carbocycles. The van der Waals surface area contributed by atoms with E-state index in [0.29, 0.717) is 6.42 Å². The molecule has 0 aliphatic carbocycles. The number of amides is 1. The normalized spacial score (nSPS) is 13.5. The van der Waals surface area contributed by atoms with Gasteiger partial charge in [0.1, 0.15) is 0 Å². The van der Waals surface area contributed by atoms with Crippen LogP contribution in [0.3, 0.4) is 0 Å². The Balaban J connectivity index is 3.66. The molecule has 4 heteroatoms. The first-order chi connectivity index (χ1) is 18.7. The summed E-state index contributed by atoms with van der Waals surface area (Å²) in [6, 6.07) is -0.631. The highest BCUT2D eigenvalue weighted by molar-refractivity contribution is 5.76. The number of allylic oxidation sites excluding steroid dienone is 3. The fourth-order valence-electron chi connectivity index (χ4n) is 4.84. The molecular formula is C34H65NO3. The minimum atomic E-state index is -0.854. The lowest BCUT2D eigenvalue weighted by atomic mass is 10.0. The summed E-state index contributed by atoms with van der Waals surface area (Å²) in [7, 11) is 0. The average molecular weight is 536 g/mol. The predicted octanol–water partition coefficient (Wildman–Crippen LogP) is 9.34. The van der Waals surface area contributed by atoms with Crippen LogP contribution in [0.5, 0.6) is 0 Å². The van der Waals surface area contributed by atoms with Gasteiger partial charge in [-0.1, -0.05) is 154 Å². The minimum Gasteiger partial charge on any atom is -0.394 e. The van der Waals surface area contributed by atoms with Crippen molar-refractivity contribution in [3.63, 3.8) is 0 Å². The largest absolute Gasteiger partial charge is 0.394 e. The number of nitrogens with one attached hydrogen (secondary N) is 1. The molecule has 224 valence electrons. The molecule has 0 radical (unpaired) electrons. The summed E-state index contributed by atoms with van der Waals surface area (Å²) in [6.07, 6.45) is 36.8. The Morgan fingerprint density at radius 2 is 1.03 bits per heavy atom. The second-order valence-corrected chi connectivity index (χ2v) is 11.2. The van der Waals surface area contributed by atoms with Crippen molar-refractivity contribution in [1.29, 1.82) is 0 Å². The predicted molar refractivity (Wildman–Crippen MR) is 165 cm³/mol. The van der Waals surface area contributed by atoms with Gasteiger partial charge in [-0.15, -0.1) is 0 Å². The molecule has 2 unspecified atom stereocenters. The quantitative estimate of drug-likeness (QED) is 0.0660. The van der Waals surface area contributed by atoms with Crippen LogP contribution in [0, 0.1) is 0 Å². The Bertz CT molecular complexity index is 546. The van der Waals surface area contributed by atoms with Crippen LogP contribution in [0.15, 0.2) is 24.3 Å². The number of unbranched alkanes of at least 4 members (excludes halogenated alkanes) is 20. The lowest BCUT2D eigenvalue weighted by Crippen LogP contribution is -2.45. The molecule has 4 nitrogen and oxygen atoms in total. The molecule has 0 fully saturated rings. The van der Waals surface area contributed by atoms with Gasteiger partial charge in [0, 0.05) is 6.42 Å². The number of carbonyl (C=O) groups excluding carboxylic acids is 1. The number of carbonyl (C=O) groups is 1. The topological polar surface area (TPSA) is 69.6 Å². The Kier molecular flexibility index (Phi) is 29.5. The standard InChI is InChI=1S/C34H65NO3/c1-3-5-7-9-11-13-15-16-17-18-20-22-24-26-28-30-34(38)35-32(31-36)33(37)29-27-25-23-21-19-14-12-10-8-6-4-2/h19,21,27,29,32-33,36-37H,3-18,20,22-26,28,30-31H2,1-2H3,(H,35,38)/b21-19+,29-27+. The van der Waals surface area contributed by atoms with Gasteiger partial charge in [-0.2, -0.15) is 0 Å². The van der Waals surface area contributed by atoms with E-state index < -0.39 is 12.1 Å². The molecular weight excluding hydrogens is 470 g/mol. The Morgan fingerprint density at radius 3 is 1.53 bits per heavy atom. The van der Waals surface area contributed by atoms with Crippen molar-refractivity contribution in [3.05, 3.63) is 24.3 Å². The number of aliphatic hydroxyl groups is 2. The van der Waals surface area contributed by atoms with Gasteiger partial charge in [-0.25, -0.2) is 0 Å². The molecule has 0 saturated heterocycles. The van der Waals surface area contributed by atoms with Crippen molar-refractivity contribution in [2.75, 3.05) is 6.61 Å². The molecule has 0 bridgehead atoms. The third-order valence-electron chi connectivity index (χ3n) is 7.44. The van der Waals surface area contributed by atoms with Gasteiger partial charge in [0.15, 0.2) is 0 Å². The van der Waals surface area contributed by atoms with E-state index >= 15 is 0 Å². The van der Waals surface area contributed by atoms with Crippen molar-refractivity contribution >= 4 is 5.91 Å². The zero-order valence-corrected chi connectivity index (χ0v) is 25.4. The smallest absolute Gasteiger partial charge is 0.220 e. The van der Waals surface area contributed by atoms with E-state index in [1.165, 1.54) is 116 Å². The van der Waals surface area contributed by atoms with Gasteiger partial charge >= 0.3 is 0 Å². The second-order valence-electron chi connectivity index (χ2n) is 11.2.